The van der Waals surface area contributed by atoms with Crippen LogP contribution in [-0.2, 0) is 37.9 Å². The average molecular weight is 673 g/mol. The van der Waals surface area contributed by atoms with Crippen molar-refractivity contribution in [2.75, 3.05) is 38.0 Å². The molecule has 1 fully saturated rings. The Bertz CT molecular complexity index is 1660. The third-order valence-corrected chi connectivity index (χ3v) is 10.7. The molecule has 4 rings (SSSR count). The number of aliphatic hydroxyl groups is 1. The summed E-state index contributed by atoms with van der Waals surface area (Å²) < 4.78 is 59.7. The molecular formula is C33H44N4O7S2. The smallest absolute Gasteiger partial charge is 0.296 e. The van der Waals surface area contributed by atoms with Crippen LogP contribution >= 0.6 is 0 Å². The van der Waals surface area contributed by atoms with Gasteiger partial charge in [0.15, 0.2) is 0 Å². The quantitative estimate of drug-likeness (QED) is 0.210. The molecule has 1 atom stereocenters. The van der Waals surface area contributed by atoms with Crippen molar-refractivity contribution < 1.29 is 31.5 Å². The zero-order valence-electron chi connectivity index (χ0n) is 26.3. The van der Waals surface area contributed by atoms with Gasteiger partial charge in [0.2, 0.25) is 15.9 Å². The predicted octanol–water partition coefficient (Wildman–Crippen LogP) is 3.47. The Hall–Kier alpha value is -3.49. The maximum absolute atomic E-state index is 13.8. The van der Waals surface area contributed by atoms with Gasteiger partial charge in [-0.05, 0) is 79.1 Å². The first-order valence-electron chi connectivity index (χ1n) is 15.4. The van der Waals surface area contributed by atoms with Gasteiger partial charge in [-0.25, -0.2) is 13.6 Å². The van der Waals surface area contributed by atoms with E-state index >= 15 is 0 Å². The highest BCUT2D eigenvalue weighted by atomic mass is 32.2. The molecule has 0 unspecified atom stereocenters. The van der Waals surface area contributed by atoms with Crippen molar-refractivity contribution in [3.05, 3.63) is 89.5 Å². The number of sulfonamides is 1. The van der Waals surface area contributed by atoms with Crippen LogP contribution in [0.15, 0.2) is 77.7 Å². The molecule has 0 heterocycles. The molecule has 0 bridgehead atoms. The summed E-state index contributed by atoms with van der Waals surface area (Å²) in [6.45, 7) is 2.02. The van der Waals surface area contributed by atoms with Gasteiger partial charge >= 0.3 is 0 Å². The molecule has 0 aliphatic heterocycles. The number of nitrogens with two attached hydrogens (primary N) is 1. The molecule has 1 amide bonds. The van der Waals surface area contributed by atoms with Crippen LogP contribution in [-0.4, -0.2) is 76.4 Å². The van der Waals surface area contributed by atoms with E-state index in [2.05, 4.69) is 4.72 Å². The maximum Gasteiger partial charge on any atom is 0.296 e. The van der Waals surface area contributed by atoms with Gasteiger partial charge in [-0.3, -0.25) is 9.52 Å². The van der Waals surface area contributed by atoms with E-state index in [1.165, 1.54) is 23.5 Å². The highest BCUT2D eigenvalue weighted by molar-refractivity contribution is 7.90. The second kappa shape index (κ2) is 15.9. The lowest BCUT2D eigenvalue weighted by Gasteiger charge is -2.30. The third-order valence-electron chi connectivity index (χ3n) is 8.39. The minimum atomic E-state index is -4.01. The first-order valence-corrected chi connectivity index (χ1v) is 18.4. The van der Waals surface area contributed by atoms with E-state index < -0.39 is 26.3 Å². The van der Waals surface area contributed by atoms with Crippen LogP contribution < -0.4 is 14.6 Å². The van der Waals surface area contributed by atoms with E-state index in [1.807, 2.05) is 30.3 Å². The number of benzene rings is 3. The maximum atomic E-state index is 13.8. The molecule has 13 heteroatoms. The number of rotatable bonds is 16. The van der Waals surface area contributed by atoms with E-state index in [4.69, 9.17) is 9.88 Å². The van der Waals surface area contributed by atoms with Gasteiger partial charge < -0.3 is 14.7 Å². The molecule has 1 aliphatic rings. The fraction of sp³-hybridized carbons (Fsp3) is 0.424. The van der Waals surface area contributed by atoms with Crippen molar-refractivity contribution in [1.29, 1.82) is 0 Å². The molecule has 3 aromatic rings. The van der Waals surface area contributed by atoms with Gasteiger partial charge in [-0.2, -0.15) is 12.7 Å². The number of anilines is 1. The second-order valence-corrected chi connectivity index (χ2v) is 15.0. The highest BCUT2D eigenvalue weighted by Gasteiger charge is 2.31. The number of ether oxygens (including phenoxy) is 1. The molecule has 3 aromatic carbocycles. The number of amides is 1. The summed E-state index contributed by atoms with van der Waals surface area (Å²) in [5, 5.41) is 16.5. The molecule has 4 N–H and O–H groups in total. The first kappa shape index (κ1) is 35.4. The lowest BCUT2D eigenvalue weighted by Crippen LogP contribution is -2.46. The zero-order chi connectivity index (χ0) is 33.3. The number of hydrogen-bond donors (Lipinski definition) is 3. The summed E-state index contributed by atoms with van der Waals surface area (Å²) in [5.74, 6) is 0.443. The number of nitrogens with one attached hydrogen (secondary N) is 1. The Balaban J connectivity index is 1.55. The number of methoxy groups -OCH3 is 1. The Morgan fingerprint density at radius 2 is 1.65 bits per heavy atom. The highest BCUT2D eigenvalue weighted by Crippen LogP contribution is 2.29. The monoisotopic (exact) mass is 672 g/mol. The average Bonchev–Trinajstić information content (AvgIpc) is 3.54. The van der Waals surface area contributed by atoms with Gasteiger partial charge in [-0.1, -0.05) is 55.3 Å². The third kappa shape index (κ3) is 10.0. The Kier molecular flexibility index (Phi) is 12.2. The molecule has 0 spiro atoms. The van der Waals surface area contributed by atoms with E-state index in [0.29, 0.717) is 29.8 Å². The summed E-state index contributed by atoms with van der Waals surface area (Å²) in [6, 6.07) is 20.8. The van der Waals surface area contributed by atoms with Crippen molar-refractivity contribution in [1.82, 2.24) is 9.21 Å². The lowest BCUT2D eigenvalue weighted by molar-refractivity contribution is -0.132. The van der Waals surface area contributed by atoms with E-state index in [9.17, 15) is 26.7 Å². The molecular weight excluding hydrogens is 629 g/mol. The molecule has 0 aromatic heterocycles. The number of carbonyl (C=O) groups excluding carboxylic acids is 1. The van der Waals surface area contributed by atoms with Gasteiger partial charge in [0.25, 0.3) is 10.2 Å². The normalized spacial score (nSPS) is 14.7. The summed E-state index contributed by atoms with van der Waals surface area (Å²) in [5.41, 5.74) is 2.44. The van der Waals surface area contributed by atoms with Gasteiger partial charge in [0, 0.05) is 26.2 Å². The van der Waals surface area contributed by atoms with Crippen molar-refractivity contribution in [3.63, 3.8) is 0 Å². The van der Waals surface area contributed by atoms with Gasteiger partial charge in [0.1, 0.15) is 5.75 Å². The van der Waals surface area contributed by atoms with Crippen molar-refractivity contribution in [2.24, 2.45) is 11.1 Å². The molecule has 0 saturated heterocycles. The Labute approximate surface area is 272 Å². The van der Waals surface area contributed by atoms with Crippen LogP contribution in [0, 0.1) is 12.8 Å². The van der Waals surface area contributed by atoms with E-state index in [-0.39, 0.29) is 48.5 Å². The van der Waals surface area contributed by atoms with Crippen LogP contribution in [0.3, 0.4) is 0 Å². The molecule has 11 nitrogen and oxygen atoms in total. The predicted molar refractivity (Wildman–Crippen MR) is 178 cm³/mol. The van der Waals surface area contributed by atoms with Crippen LogP contribution in [0.4, 0.5) is 5.69 Å². The van der Waals surface area contributed by atoms with Crippen molar-refractivity contribution in [2.45, 2.75) is 56.4 Å². The van der Waals surface area contributed by atoms with Crippen LogP contribution in [0.1, 0.15) is 42.4 Å². The number of hydrogen-bond acceptors (Lipinski definition) is 7. The molecule has 1 saturated carbocycles. The molecule has 46 heavy (non-hydrogen) atoms. The number of aliphatic hydroxyl groups excluding tert-OH is 1. The van der Waals surface area contributed by atoms with Crippen LogP contribution in [0.5, 0.6) is 5.75 Å². The topological polar surface area (TPSA) is 159 Å². The fourth-order valence-corrected chi connectivity index (χ4v) is 7.92. The lowest BCUT2D eigenvalue weighted by atomic mass is 10.0. The largest absolute Gasteiger partial charge is 0.497 e. The van der Waals surface area contributed by atoms with Crippen LogP contribution in [0.25, 0.3) is 0 Å². The second-order valence-electron chi connectivity index (χ2n) is 11.8. The Morgan fingerprint density at radius 3 is 2.28 bits per heavy atom. The first-order chi connectivity index (χ1) is 21.9. The molecule has 250 valence electrons. The van der Waals surface area contributed by atoms with Crippen molar-refractivity contribution >= 4 is 31.8 Å². The van der Waals surface area contributed by atoms with Crippen LogP contribution in [0.2, 0.25) is 0 Å². The summed E-state index contributed by atoms with van der Waals surface area (Å²) in [7, 11) is -6.45. The zero-order valence-corrected chi connectivity index (χ0v) is 28.0. The SMILES string of the molecule is COc1ccc(S(=O)(=O)N(CC2CCCC2)C[C@@H](O)CN(CCc2ccccc2)C(=O)Cc2cccc(NS(N)(=O)=O)c2C)cc1. The van der Waals surface area contributed by atoms with E-state index in [1.54, 1.807) is 42.2 Å². The number of carbonyl (C=O) groups is 1. The standard InChI is InChI=1S/C33H44N4O7S2/c1-25-28(13-8-14-32(25)35-46(34,42)43)21-33(39)36(20-19-26-9-4-3-5-10-26)23-29(38)24-37(22-27-11-6-7-12-27)45(40,41)31-17-15-30(44-2)16-18-31/h3-5,8-10,13-18,27,29,35,38H,6-7,11-12,19-24H2,1-2H3,(H2,34,42,43)/t29-/m0/s1. The molecule has 0 radical (unpaired) electrons. The molecule has 1 aliphatic carbocycles. The number of nitrogens with zero attached hydrogens (tertiary/aromatic N) is 2. The summed E-state index contributed by atoms with van der Waals surface area (Å²) in [6.07, 6.45) is 3.24. The van der Waals surface area contributed by atoms with Gasteiger partial charge in [0.05, 0.1) is 30.2 Å². The van der Waals surface area contributed by atoms with Crippen molar-refractivity contribution in [3.8, 4) is 5.75 Å². The van der Waals surface area contributed by atoms with Gasteiger partial charge in [-0.15, -0.1) is 0 Å². The fourth-order valence-electron chi connectivity index (χ4n) is 5.84. The minimum Gasteiger partial charge on any atom is -0.497 e. The Morgan fingerprint density at radius 1 is 0.978 bits per heavy atom. The summed E-state index contributed by atoms with van der Waals surface area (Å²) >= 11 is 0. The van der Waals surface area contributed by atoms with E-state index in [0.717, 1.165) is 31.2 Å². The minimum absolute atomic E-state index is 0.0522. The summed E-state index contributed by atoms with van der Waals surface area (Å²) in [4.78, 5) is 15.4.